The van der Waals surface area contributed by atoms with Gasteiger partial charge in [0.2, 0.25) is 10.0 Å². The van der Waals surface area contributed by atoms with Gasteiger partial charge in [-0.2, -0.15) is 5.10 Å². The molecule has 21 heavy (non-hydrogen) atoms. The summed E-state index contributed by atoms with van der Waals surface area (Å²) in [7, 11) is -3.58. The molecule has 0 amide bonds. The molecule has 0 unspecified atom stereocenters. The van der Waals surface area contributed by atoms with Gasteiger partial charge >= 0.3 is 0 Å². The van der Waals surface area contributed by atoms with E-state index in [1.165, 1.54) is 0 Å². The van der Waals surface area contributed by atoms with E-state index in [2.05, 4.69) is 14.8 Å². The van der Waals surface area contributed by atoms with E-state index in [1.807, 2.05) is 0 Å². The van der Waals surface area contributed by atoms with Crippen molar-refractivity contribution >= 4 is 10.0 Å². The summed E-state index contributed by atoms with van der Waals surface area (Å²) in [6.45, 7) is 5.14. The lowest BCUT2D eigenvalue weighted by molar-refractivity contribution is 0.569. The van der Waals surface area contributed by atoms with Crippen molar-refractivity contribution in [2.45, 2.75) is 31.8 Å². The molecule has 0 spiro atoms. The van der Waals surface area contributed by atoms with E-state index < -0.39 is 10.0 Å². The molecule has 0 radical (unpaired) electrons. The lowest BCUT2D eigenvalue weighted by atomic mass is 10.4. The number of rotatable bonds is 7. The summed E-state index contributed by atoms with van der Waals surface area (Å²) in [4.78, 5) is 4.15. The van der Waals surface area contributed by atoms with E-state index in [9.17, 15) is 8.42 Å². The van der Waals surface area contributed by atoms with Crippen molar-refractivity contribution in [2.24, 2.45) is 5.73 Å². The third-order valence-electron chi connectivity index (χ3n) is 3.15. The molecular formula is C12H20N6O2S. The van der Waals surface area contributed by atoms with Crippen molar-refractivity contribution < 1.29 is 8.42 Å². The molecule has 116 valence electrons. The lowest BCUT2D eigenvalue weighted by Crippen LogP contribution is -2.28. The fourth-order valence-corrected chi connectivity index (χ4v) is 3.64. The van der Waals surface area contributed by atoms with Crippen molar-refractivity contribution in [3.05, 3.63) is 30.1 Å². The Labute approximate surface area is 124 Å². The highest BCUT2D eigenvalue weighted by Gasteiger charge is 2.23. The van der Waals surface area contributed by atoms with Crippen LogP contribution in [0, 0.1) is 13.8 Å². The highest BCUT2D eigenvalue weighted by Crippen LogP contribution is 2.18. The van der Waals surface area contributed by atoms with Gasteiger partial charge in [0.05, 0.1) is 24.3 Å². The first-order chi connectivity index (χ1) is 9.95. The van der Waals surface area contributed by atoms with E-state index >= 15 is 0 Å². The van der Waals surface area contributed by atoms with E-state index in [1.54, 1.807) is 41.8 Å². The fourth-order valence-electron chi connectivity index (χ4n) is 2.21. The van der Waals surface area contributed by atoms with Crippen molar-refractivity contribution in [1.29, 1.82) is 0 Å². The number of aryl methyl sites for hydroxylation is 1. The van der Waals surface area contributed by atoms with Crippen LogP contribution in [0.1, 0.15) is 11.4 Å². The number of hydrogen-bond donors (Lipinski definition) is 2. The third kappa shape index (κ3) is 3.49. The highest BCUT2D eigenvalue weighted by atomic mass is 32.2. The van der Waals surface area contributed by atoms with Crippen LogP contribution in [0.25, 0.3) is 0 Å². The Hall–Kier alpha value is -1.71. The van der Waals surface area contributed by atoms with E-state index in [0.29, 0.717) is 37.6 Å². The van der Waals surface area contributed by atoms with Gasteiger partial charge in [-0.05, 0) is 13.8 Å². The molecule has 8 nitrogen and oxygen atoms in total. The number of hydrogen-bond acceptors (Lipinski definition) is 5. The zero-order valence-electron chi connectivity index (χ0n) is 12.2. The Morgan fingerprint density at radius 2 is 2.10 bits per heavy atom. The summed E-state index contributed by atoms with van der Waals surface area (Å²) in [6, 6.07) is 0. The number of nitrogens with two attached hydrogens (primary N) is 1. The van der Waals surface area contributed by atoms with E-state index in [4.69, 9.17) is 5.73 Å². The molecule has 0 atom stereocenters. The molecule has 0 aliphatic carbocycles. The molecule has 2 rings (SSSR count). The molecule has 0 bridgehead atoms. The van der Waals surface area contributed by atoms with Crippen LogP contribution in [0.3, 0.4) is 0 Å². The van der Waals surface area contributed by atoms with Gasteiger partial charge < -0.3 is 10.3 Å². The first kappa shape index (κ1) is 15.7. The zero-order valence-corrected chi connectivity index (χ0v) is 13.0. The number of imidazole rings is 1. The highest BCUT2D eigenvalue weighted by molar-refractivity contribution is 7.89. The average Bonchev–Trinajstić information content (AvgIpc) is 2.99. The van der Waals surface area contributed by atoms with Gasteiger partial charge in [0.1, 0.15) is 4.90 Å². The van der Waals surface area contributed by atoms with Gasteiger partial charge in [-0.15, -0.1) is 0 Å². The monoisotopic (exact) mass is 312 g/mol. The Morgan fingerprint density at radius 3 is 2.71 bits per heavy atom. The summed E-state index contributed by atoms with van der Waals surface area (Å²) < 4.78 is 30.8. The SMILES string of the molecule is Cc1nn(CCN)c(C)c1S(=O)(=O)NCCn1ccnc1. The minimum Gasteiger partial charge on any atom is -0.336 e. The molecular weight excluding hydrogens is 292 g/mol. The summed E-state index contributed by atoms with van der Waals surface area (Å²) in [5, 5.41) is 4.23. The van der Waals surface area contributed by atoms with Gasteiger partial charge in [-0.3, -0.25) is 4.68 Å². The maximum atomic E-state index is 12.4. The summed E-state index contributed by atoms with van der Waals surface area (Å²) in [6.07, 6.45) is 5.08. The molecule has 9 heteroatoms. The maximum Gasteiger partial charge on any atom is 0.244 e. The molecule has 0 saturated carbocycles. The molecule has 0 aromatic carbocycles. The fraction of sp³-hybridized carbons (Fsp3) is 0.500. The minimum absolute atomic E-state index is 0.238. The second-order valence-corrected chi connectivity index (χ2v) is 6.41. The predicted molar refractivity (Wildman–Crippen MR) is 78.2 cm³/mol. The van der Waals surface area contributed by atoms with Crippen LogP contribution in [0.2, 0.25) is 0 Å². The van der Waals surface area contributed by atoms with E-state index in [-0.39, 0.29) is 4.90 Å². The first-order valence-electron chi connectivity index (χ1n) is 6.65. The number of nitrogens with one attached hydrogen (secondary N) is 1. The number of aromatic nitrogens is 4. The molecule has 3 N–H and O–H groups in total. The molecule has 0 fully saturated rings. The summed E-state index contributed by atoms with van der Waals surface area (Å²) in [5.74, 6) is 0. The van der Waals surface area contributed by atoms with Crippen LogP contribution in [0.15, 0.2) is 23.6 Å². The van der Waals surface area contributed by atoms with Crippen LogP contribution >= 0.6 is 0 Å². The minimum atomic E-state index is -3.58. The van der Waals surface area contributed by atoms with Crippen LogP contribution in [-0.2, 0) is 23.1 Å². The summed E-state index contributed by atoms with van der Waals surface area (Å²) in [5.41, 5.74) is 6.58. The van der Waals surface area contributed by atoms with Crippen molar-refractivity contribution in [1.82, 2.24) is 24.1 Å². The molecule has 0 saturated heterocycles. The number of nitrogens with zero attached hydrogens (tertiary/aromatic N) is 4. The van der Waals surface area contributed by atoms with Crippen LogP contribution in [0.4, 0.5) is 0 Å². The van der Waals surface area contributed by atoms with Crippen molar-refractivity contribution in [3.63, 3.8) is 0 Å². The largest absolute Gasteiger partial charge is 0.336 e. The Balaban J connectivity index is 2.12. The normalized spacial score (nSPS) is 12.0. The topological polar surface area (TPSA) is 108 Å². The summed E-state index contributed by atoms with van der Waals surface area (Å²) >= 11 is 0. The lowest BCUT2D eigenvalue weighted by Gasteiger charge is -2.08. The standard InChI is InChI=1S/C12H20N6O2S/c1-10-12(11(2)18(16-10)6-3-13)21(19,20)15-5-8-17-7-4-14-9-17/h4,7,9,15H,3,5-6,8,13H2,1-2H3. The Kier molecular flexibility index (Phi) is 4.76. The second kappa shape index (κ2) is 6.37. The van der Waals surface area contributed by atoms with Crippen molar-refractivity contribution in [2.75, 3.05) is 13.1 Å². The van der Waals surface area contributed by atoms with Gasteiger partial charge in [0.15, 0.2) is 0 Å². The van der Waals surface area contributed by atoms with Crippen LogP contribution < -0.4 is 10.5 Å². The first-order valence-corrected chi connectivity index (χ1v) is 8.13. The number of sulfonamides is 1. The maximum absolute atomic E-state index is 12.4. The Morgan fingerprint density at radius 1 is 1.33 bits per heavy atom. The quantitative estimate of drug-likeness (QED) is 0.725. The van der Waals surface area contributed by atoms with Gasteiger partial charge in [0, 0.05) is 32.0 Å². The van der Waals surface area contributed by atoms with Gasteiger partial charge in [-0.25, -0.2) is 18.1 Å². The molecule has 2 heterocycles. The van der Waals surface area contributed by atoms with Gasteiger partial charge in [-0.1, -0.05) is 0 Å². The average molecular weight is 312 g/mol. The van der Waals surface area contributed by atoms with E-state index in [0.717, 1.165) is 0 Å². The van der Waals surface area contributed by atoms with Crippen molar-refractivity contribution in [3.8, 4) is 0 Å². The zero-order chi connectivity index (χ0) is 15.5. The molecule has 2 aromatic heterocycles. The second-order valence-electron chi connectivity index (χ2n) is 4.71. The van der Waals surface area contributed by atoms with Crippen LogP contribution in [-0.4, -0.2) is 40.8 Å². The molecule has 0 aliphatic heterocycles. The van der Waals surface area contributed by atoms with Gasteiger partial charge in [0.25, 0.3) is 0 Å². The predicted octanol–water partition coefficient (Wildman–Crippen LogP) is -0.366. The smallest absolute Gasteiger partial charge is 0.244 e. The molecule has 0 aliphatic rings. The molecule has 2 aromatic rings. The van der Waals surface area contributed by atoms with Crippen LogP contribution in [0.5, 0.6) is 0 Å². The third-order valence-corrected chi connectivity index (χ3v) is 4.86. The Bertz CT molecular complexity index is 690.